The van der Waals surface area contributed by atoms with Gasteiger partial charge in [-0.05, 0) is 69.0 Å². The maximum Gasteiger partial charge on any atom is 0.270 e. The van der Waals surface area contributed by atoms with Crippen molar-refractivity contribution in [2.75, 3.05) is 18.1 Å². The van der Waals surface area contributed by atoms with Gasteiger partial charge >= 0.3 is 0 Å². The molecule has 2 aromatic carbocycles. The molecule has 0 saturated carbocycles. The number of fused-ring (bicyclic) bond motifs is 1. The second-order valence-corrected chi connectivity index (χ2v) is 7.24. The van der Waals surface area contributed by atoms with Crippen molar-refractivity contribution < 1.29 is 14.3 Å². The first-order valence-corrected chi connectivity index (χ1v) is 9.24. The van der Waals surface area contributed by atoms with Crippen LogP contribution < -0.4 is 14.4 Å². The number of carbonyl (C=O) groups excluding carboxylic acids is 1. The zero-order valence-corrected chi connectivity index (χ0v) is 16.0. The van der Waals surface area contributed by atoms with Crippen LogP contribution in [0.2, 0.25) is 0 Å². The van der Waals surface area contributed by atoms with Crippen LogP contribution in [0.5, 0.6) is 11.5 Å². The highest BCUT2D eigenvalue weighted by molar-refractivity contribution is 6.02. The summed E-state index contributed by atoms with van der Waals surface area (Å²) >= 11 is 0. The molecule has 1 heterocycles. The van der Waals surface area contributed by atoms with Crippen molar-refractivity contribution in [1.29, 1.82) is 0 Å². The molecule has 4 heteroatoms. The summed E-state index contributed by atoms with van der Waals surface area (Å²) < 4.78 is 11.7. The van der Waals surface area contributed by atoms with Crippen molar-refractivity contribution in [3.05, 3.63) is 53.6 Å². The van der Waals surface area contributed by atoms with Gasteiger partial charge in [-0.1, -0.05) is 25.1 Å². The number of hydrogen-bond donors (Lipinski definition) is 0. The van der Waals surface area contributed by atoms with Gasteiger partial charge in [0, 0.05) is 6.54 Å². The Kier molecular flexibility index (Phi) is 5.21. The third-order valence-corrected chi connectivity index (χ3v) is 4.66. The molecule has 0 atom stereocenters. The van der Waals surface area contributed by atoms with Crippen LogP contribution in [0.25, 0.3) is 0 Å². The molecule has 0 radical (unpaired) electrons. The molecule has 4 nitrogen and oxygen atoms in total. The Morgan fingerprint density at radius 1 is 1.12 bits per heavy atom. The number of nitrogens with zero attached hydrogens (tertiary/aromatic N) is 1. The number of amides is 1. The lowest BCUT2D eigenvalue weighted by Gasteiger charge is -2.39. The van der Waals surface area contributed by atoms with E-state index in [1.54, 1.807) is 0 Å². The summed E-state index contributed by atoms with van der Waals surface area (Å²) in [7, 11) is 0. The molecule has 1 aliphatic rings. The molecule has 2 aromatic rings. The molecule has 1 aliphatic heterocycles. The van der Waals surface area contributed by atoms with E-state index in [4.69, 9.17) is 9.47 Å². The fourth-order valence-electron chi connectivity index (χ4n) is 3.13. The van der Waals surface area contributed by atoms with Crippen LogP contribution >= 0.6 is 0 Å². The van der Waals surface area contributed by atoms with Crippen molar-refractivity contribution in [3.8, 4) is 11.5 Å². The first-order chi connectivity index (χ1) is 12.4. The van der Waals surface area contributed by atoms with Gasteiger partial charge < -0.3 is 14.4 Å². The number of benzene rings is 2. The summed E-state index contributed by atoms with van der Waals surface area (Å²) in [4.78, 5) is 14.6. The van der Waals surface area contributed by atoms with E-state index in [1.807, 2.05) is 56.0 Å². The highest BCUT2D eigenvalue weighted by Gasteiger charge is 2.40. The van der Waals surface area contributed by atoms with Crippen LogP contribution in [-0.2, 0) is 11.2 Å². The molecule has 138 valence electrons. The second kappa shape index (κ2) is 7.40. The van der Waals surface area contributed by atoms with Crippen LogP contribution in [0.3, 0.4) is 0 Å². The Labute approximate surface area is 155 Å². The Bertz CT molecular complexity index is 780. The zero-order valence-electron chi connectivity index (χ0n) is 16.0. The predicted molar refractivity (Wildman–Crippen MR) is 104 cm³/mol. The Balaban J connectivity index is 1.64. The minimum atomic E-state index is -0.848. The predicted octanol–water partition coefficient (Wildman–Crippen LogP) is 4.53. The Hall–Kier alpha value is -2.49. The normalized spacial score (nSPS) is 15.4. The van der Waals surface area contributed by atoms with Gasteiger partial charge in [0.15, 0.2) is 5.60 Å². The minimum Gasteiger partial charge on any atom is -0.494 e. The molecule has 0 N–H and O–H groups in total. The third-order valence-electron chi connectivity index (χ3n) is 4.66. The molecule has 0 saturated heterocycles. The van der Waals surface area contributed by atoms with E-state index in [-0.39, 0.29) is 5.91 Å². The first kappa shape index (κ1) is 18.3. The van der Waals surface area contributed by atoms with E-state index in [2.05, 4.69) is 19.1 Å². The monoisotopic (exact) mass is 353 g/mol. The van der Waals surface area contributed by atoms with Crippen molar-refractivity contribution in [2.24, 2.45) is 0 Å². The fourth-order valence-corrected chi connectivity index (χ4v) is 3.13. The largest absolute Gasteiger partial charge is 0.494 e. The molecular weight excluding hydrogens is 326 g/mol. The van der Waals surface area contributed by atoms with Crippen molar-refractivity contribution >= 4 is 11.6 Å². The molecular formula is C22H27NO3. The SMILES string of the molecule is CCc1ccc(OCCCN2C(=O)C(C)(C)Oc3ccc(C)cc32)cc1. The smallest absolute Gasteiger partial charge is 0.270 e. The van der Waals surface area contributed by atoms with E-state index in [1.165, 1.54) is 5.56 Å². The second-order valence-electron chi connectivity index (χ2n) is 7.24. The van der Waals surface area contributed by atoms with Gasteiger partial charge in [-0.2, -0.15) is 0 Å². The third kappa shape index (κ3) is 3.85. The highest BCUT2D eigenvalue weighted by Crippen LogP contribution is 2.38. The quantitative estimate of drug-likeness (QED) is 0.716. The summed E-state index contributed by atoms with van der Waals surface area (Å²) in [5.74, 6) is 1.62. The van der Waals surface area contributed by atoms with Gasteiger partial charge in [0.05, 0.1) is 12.3 Å². The van der Waals surface area contributed by atoms with Gasteiger partial charge in [-0.3, -0.25) is 4.79 Å². The fraction of sp³-hybridized carbons (Fsp3) is 0.409. The van der Waals surface area contributed by atoms with Crippen LogP contribution in [0.1, 0.15) is 38.3 Å². The Morgan fingerprint density at radius 2 is 1.85 bits per heavy atom. The summed E-state index contributed by atoms with van der Waals surface area (Å²) in [6, 6.07) is 14.1. The molecule has 0 bridgehead atoms. The summed E-state index contributed by atoms with van der Waals surface area (Å²) in [5, 5.41) is 0. The van der Waals surface area contributed by atoms with E-state index in [0.717, 1.165) is 35.6 Å². The van der Waals surface area contributed by atoms with E-state index >= 15 is 0 Å². The Morgan fingerprint density at radius 3 is 2.54 bits per heavy atom. The number of rotatable bonds is 6. The topological polar surface area (TPSA) is 38.8 Å². The van der Waals surface area contributed by atoms with Crippen LogP contribution in [0, 0.1) is 6.92 Å². The standard InChI is InChI=1S/C22H27NO3/c1-5-17-8-10-18(11-9-17)25-14-6-13-23-19-15-16(2)7-12-20(19)26-22(3,4)21(23)24/h7-12,15H,5-6,13-14H2,1-4H3. The lowest BCUT2D eigenvalue weighted by atomic mass is 10.0. The molecule has 0 fully saturated rings. The van der Waals surface area contributed by atoms with Crippen LogP contribution in [0.15, 0.2) is 42.5 Å². The minimum absolute atomic E-state index is 0.0112. The van der Waals surface area contributed by atoms with Gasteiger partial charge in [-0.25, -0.2) is 0 Å². The molecule has 0 spiro atoms. The average molecular weight is 353 g/mol. The van der Waals surface area contributed by atoms with E-state index in [0.29, 0.717) is 13.2 Å². The van der Waals surface area contributed by atoms with Crippen molar-refractivity contribution in [2.45, 2.75) is 46.1 Å². The molecule has 0 aromatic heterocycles. The van der Waals surface area contributed by atoms with Crippen molar-refractivity contribution in [1.82, 2.24) is 0 Å². The summed E-state index contributed by atoms with van der Waals surface area (Å²) in [6.07, 6.45) is 1.78. The molecule has 0 aliphatic carbocycles. The number of carbonyl (C=O) groups is 1. The number of anilines is 1. The highest BCUT2D eigenvalue weighted by atomic mass is 16.5. The molecule has 0 unspecified atom stereocenters. The van der Waals surface area contributed by atoms with Crippen LogP contribution in [0.4, 0.5) is 5.69 Å². The lowest BCUT2D eigenvalue weighted by molar-refractivity contribution is -0.132. The maximum atomic E-state index is 12.8. The molecule has 26 heavy (non-hydrogen) atoms. The van der Waals surface area contributed by atoms with Crippen molar-refractivity contribution in [3.63, 3.8) is 0 Å². The van der Waals surface area contributed by atoms with E-state index in [9.17, 15) is 4.79 Å². The van der Waals surface area contributed by atoms with E-state index < -0.39 is 5.60 Å². The van der Waals surface area contributed by atoms with Gasteiger partial charge in [0.2, 0.25) is 0 Å². The van der Waals surface area contributed by atoms with Crippen LogP contribution in [-0.4, -0.2) is 24.7 Å². The van der Waals surface area contributed by atoms with Gasteiger partial charge in [-0.15, -0.1) is 0 Å². The zero-order chi connectivity index (χ0) is 18.7. The maximum absolute atomic E-state index is 12.8. The number of hydrogen-bond acceptors (Lipinski definition) is 3. The van der Waals surface area contributed by atoms with Gasteiger partial charge in [0.1, 0.15) is 11.5 Å². The lowest BCUT2D eigenvalue weighted by Crippen LogP contribution is -2.52. The summed E-state index contributed by atoms with van der Waals surface area (Å²) in [5.41, 5.74) is 2.41. The number of ether oxygens (including phenoxy) is 2. The molecule has 3 rings (SSSR count). The summed E-state index contributed by atoms with van der Waals surface area (Å²) in [6.45, 7) is 8.96. The molecule has 1 amide bonds. The number of aryl methyl sites for hydroxylation is 2. The first-order valence-electron chi connectivity index (χ1n) is 9.24. The van der Waals surface area contributed by atoms with Gasteiger partial charge in [0.25, 0.3) is 5.91 Å². The average Bonchev–Trinajstić information content (AvgIpc) is 2.62.